The van der Waals surface area contributed by atoms with Crippen LogP contribution >= 0.6 is 23.1 Å². The van der Waals surface area contributed by atoms with Crippen LogP contribution in [0.25, 0.3) is 0 Å². The second-order valence-electron chi connectivity index (χ2n) is 6.51. The molecule has 0 spiro atoms. The summed E-state index contributed by atoms with van der Waals surface area (Å²) in [6.07, 6.45) is 0. The van der Waals surface area contributed by atoms with E-state index in [1.54, 1.807) is 49.2 Å². The van der Waals surface area contributed by atoms with E-state index in [0.29, 0.717) is 11.1 Å². The maximum Gasteiger partial charge on any atom is 0.254 e. The Kier molecular flexibility index (Phi) is 6.46. The van der Waals surface area contributed by atoms with E-state index in [-0.39, 0.29) is 11.9 Å². The van der Waals surface area contributed by atoms with Crippen molar-refractivity contribution >= 4 is 29.0 Å². The molecule has 146 valence electrons. The molecule has 0 unspecified atom stereocenters. The van der Waals surface area contributed by atoms with Crippen LogP contribution in [0.15, 0.2) is 52.2 Å². The number of nitrogens with zero attached hydrogens (tertiary/aromatic N) is 2. The predicted molar refractivity (Wildman–Crippen MR) is 110 cm³/mol. The normalized spacial score (nSPS) is 12.0. The molecule has 1 aromatic heterocycles. The minimum absolute atomic E-state index is 0.174. The summed E-state index contributed by atoms with van der Waals surface area (Å²) in [4.78, 5) is 18.7. The van der Waals surface area contributed by atoms with Gasteiger partial charge < -0.3 is 4.90 Å². The van der Waals surface area contributed by atoms with Crippen LogP contribution in [0.1, 0.15) is 40.1 Å². The van der Waals surface area contributed by atoms with Gasteiger partial charge in [-0.25, -0.2) is 13.8 Å². The fourth-order valence-corrected chi connectivity index (χ4v) is 4.47. The molecular formula is C21H20F2N2OS2. The van der Waals surface area contributed by atoms with E-state index in [0.717, 1.165) is 33.5 Å². The van der Waals surface area contributed by atoms with Crippen molar-refractivity contribution in [3.63, 3.8) is 0 Å². The Bertz CT molecular complexity index is 973. The lowest BCUT2D eigenvalue weighted by molar-refractivity contribution is 0.0742. The Morgan fingerprint density at radius 1 is 1.18 bits per heavy atom. The molecule has 0 aliphatic carbocycles. The van der Waals surface area contributed by atoms with Crippen molar-refractivity contribution in [2.75, 3.05) is 7.05 Å². The highest BCUT2D eigenvalue weighted by molar-refractivity contribution is 8.00. The summed E-state index contributed by atoms with van der Waals surface area (Å²) in [5.41, 5.74) is 3.22. The summed E-state index contributed by atoms with van der Waals surface area (Å²) < 4.78 is 27.6. The summed E-state index contributed by atoms with van der Waals surface area (Å²) >= 11 is 3.29. The fraction of sp³-hybridized carbons (Fsp3) is 0.238. The zero-order chi connectivity index (χ0) is 20.3. The largest absolute Gasteiger partial charge is 0.335 e. The number of hydrogen-bond acceptors (Lipinski definition) is 4. The van der Waals surface area contributed by atoms with Crippen molar-refractivity contribution in [1.29, 1.82) is 0 Å². The van der Waals surface area contributed by atoms with E-state index in [2.05, 4.69) is 4.98 Å². The Labute approximate surface area is 171 Å². The number of thiazole rings is 1. The maximum atomic E-state index is 13.5. The van der Waals surface area contributed by atoms with Gasteiger partial charge in [-0.05, 0) is 49.2 Å². The quantitative estimate of drug-likeness (QED) is 0.471. The first kappa shape index (κ1) is 20.5. The van der Waals surface area contributed by atoms with Crippen molar-refractivity contribution in [3.8, 4) is 0 Å². The Morgan fingerprint density at radius 3 is 2.50 bits per heavy atom. The molecule has 1 amide bonds. The third kappa shape index (κ3) is 4.77. The van der Waals surface area contributed by atoms with Crippen molar-refractivity contribution in [3.05, 3.63) is 81.9 Å². The first-order chi connectivity index (χ1) is 13.3. The van der Waals surface area contributed by atoms with E-state index in [4.69, 9.17) is 0 Å². The molecule has 0 aliphatic rings. The smallest absolute Gasteiger partial charge is 0.254 e. The van der Waals surface area contributed by atoms with Gasteiger partial charge in [-0.3, -0.25) is 4.79 Å². The lowest BCUT2D eigenvalue weighted by atomic mass is 10.1. The number of carbonyl (C=O) groups is 1. The number of benzene rings is 2. The molecular weight excluding hydrogens is 398 g/mol. The van der Waals surface area contributed by atoms with Gasteiger partial charge in [-0.1, -0.05) is 30.0 Å². The number of halogens is 2. The van der Waals surface area contributed by atoms with E-state index < -0.39 is 11.6 Å². The topological polar surface area (TPSA) is 33.2 Å². The van der Waals surface area contributed by atoms with Crippen LogP contribution in [-0.2, 0) is 5.75 Å². The molecule has 7 heteroatoms. The van der Waals surface area contributed by atoms with Gasteiger partial charge >= 0.3 is 0 Å². The van der Waals surface area contributed by atoms with Crippen molar-refractivity contribution < 1.29 is 13.6 Å². The van der Waals surface area contributed by atoms with Crippen molar-refractivity contribution in [2.45, 2.75) is 30.0 Å². The number of aromatic nitrogens is 1. The number of aryl methyl sites for hydroxylation is 1. The first-order valence-corrected chi connectivity index (χ1v) is 10.6. The standard InChI is InChI=1S/C21H20F2N2OS2/c1-13-11-27-21(24-13)28-12-15-4-6-16(7-5-15)20(26)25(3)14(2)17-8-9-18(22)19(23)10-17/h4-11,14H,12H2,1-3H3/t14-/m1/s1. The molecule has 0 radical (unpaired) electrons. The summed E-state index contributed by atoms with van der Waals surface area (Å²) in [6.45, 7) is 3.75. The van der Waals surface area contributed by atoms with Crippen LogP contribution in [0.3, 0.4) is 0 Å². The number of thioether (sulfide) groups is 1. The van der Waals surface area contributed by atoms with Crippen LogP contribution in [0, 0.1) is 18.6 Å². The summed E-state index contributed by atoms with van der Waals surface area (Å²) in [7, 11) is 1.66. The average Bonchev–Trinajstić information content (AvgIpc) is 3.12. The third-order valence-corrected chi connectivity index (χ3v) is 6.70. The highest BCUT2D eigenvalue weighted by Crippen LogP contribution is 2.27. The summed E-state index contributed by atoms with van der Waals surface area (Å²) in [5, 5.41) is 2.02. The molecule has 1 atom stereocenters. The predicted octanol–water partition coefficient (Wildman–Crippen LogP) is 5.86. The van der Waals surface area contributed by atoms with E-state index in [1.165, 1.54) is 11.0 Å². The molecule has 0 aliphatic heterocycles. The number of hydrogen-bond donors (Lipinski definition) is 0. The van der Waals surface area contributed by atoms with Crippen LogP contribution in [-0.4, -0.2) is 22.8 Å². The second kappa shape index (κ2) is 8.84. The average molecular weight is 419 g/mol. The van der Waals surface area contributed by atoms with Gasteiger partial charge in [-0.2, -0.15) is 0 Å². The lowest BCUT2D eigenvalue weighted by Crippen LogP contribution is -2.29. The van der Waals surface area contributed by atoms with Crippen molar-refractivity contribution in [1.82, 2.24) is 9.88 Å². The van der Waals surface area contributed by atoms with Gasteiger partial charge in [0.15, 0.2) is 11.6 Å². The number of carbonyl (C=O) groups excluding carboxylic acids is 1. The highest BCUT2D eigenvalue weighted by Gasteiger charge is 2.20. The van der Waals surface area contributed by atoms with Gasteiger partial charge in [0, 0.05) is 29.4 Å². The van der Waals surface area contributed by atoms with E-state index >= 15 is 0 Å². The molecule has 1 heterocycles. The molecule has 3 rings (SSSR count). The SMILES string of the molecule is Cc1csc(SCc2ccc(C(=O)N(C)[C@H](C)c3ccc(F)c(F)c3)cc2)n1. The number of rotatable bonds is 6. The molecule has 0 saturated carbocycles. The van der Waals surface area contributed by atoms with Crippen LogP contribution in [0.2, 0.25) is 0 Å². The maximum absolute atomic E-state index is 13.5. The molecule has 28 heavy (non-hydrogen) atoms. The summed E-state index contributed by atoms with van der Waals surface area (Å²) in [6, 6.07) is 10.8. The molecule has 2 aromatic carbocycles. The molecule has 0 fully saturated rings. The Hall–Kier alpha value is -2.25. The number of amides is 1. The van der Waals surface area contributed by atoms with Gasteiger partial charge in [0.2, 0.25) is 0 Å². The van der Waals surface area contributed by atoms with Crippen molar-refractivity contribution in [2.24, 2.45) is 0 Å². The van der Waals surface area contributed by atoms with Gasteiger partial charge in [0.25, 0.3) is 5.91 Å². The van der Waals surface area contributed by atoms with Crippen LogP contribution < -0.4 is 0 Å². The van der Waals surface area contributed by atoms with E-state index in [9.17, 15) is 13.6 Å². The fourth-order valence-electron chi connectivity index (χ4n) is 2.66. The van der Waals surface area contributed by atoms with Crippen LogP contribution in [0.4, 0.5) is 8.78 Å². The van der Waals surface area contributed by atoms with Gasteiger partial charge in [-0.15, -0.1) is 11.3 Å². The van der Waals surface area contributed by atoms with Gasteiger partial charge in [0.1, 0.15) is 4.34 Å². The molecule has 3 aromatic rings. The second-order valence-corrected chi connectivity index (χ2v) is 8.59. The Morgan fingerprint density at radius 2 is 1.89 bits per heavy atom. The zero-order valence-electron chi connectivity index (χ0n) is 15.8. The highest BCUT2D eigenvalue weighted by atomic mass is 32.2. The first-order valence-electron chi connectivity index (χ1n) is 8.71. The van der Waals surface area contributed by atoms with Crippen LogP contribution in [0.5, 0.6) is 0 Å². The van der Waals surface area contributed by atoms with E-state index in [1.807, 2.05) is 24.4 Å². The minimum atomic E-state index is -0.914. The zero-order valence-corrected chi connectivity index (χ0v) is 17.4. The molecule has 0 saturated heterocycles. The molecule has 0 N–H and O–H groups in total. The lowest BCUT2D eigenvalue weighted by Gasteiger charge is -2.25. The molecule has 3 nitrogen and oxygen atoms in total. The third-order valence-electron chi connectivity index (χ3n) is 4.49. The Balaban J connectivity index is 1.65. The molecule has 0 bridgehead atoms. The minimum Gasteiger partial charge on any atom is -0.335 e. The van der Waals surface area contributed by atoms with Gasteiger partial charge in [0.05, 0.1) is 6.04 Å². The monoisotopic (exact) mass is 418 g/mol. The summed E-state index contributed by atoms with van der Waals surface area (Å²) in [5.74, 6) is -1.21.